The van der Waals surface area contributed by atoms with E-state index < -0.39 is 18.4 Å². The van der Waals surface area contributed by atoms with Crippen molar-refractivity contribution in [1.82, 2.24) is 10.2 Å². The van der Waals surface area contributed by atoms with E-state index in [-0.39, 0.29) is 16.8 Å². The summed E-state index contributed by atoms with van der Waals surface area (Å²) in [5.74, 6) is -2.05. The van der Waals surface area contributed by atoms with Gasteiger partial charge in [-0.1, -0.05) is 30.0 Å². The molecule has 1 aromatic heterocycles. The number of thioether (sulfide) groups is 1. The SMILES string of the molecule is O=C(O)CNC(=O)CN1C(=O)/C(=C/c2cccs2)SC1=S. The van der Waals surface area contributed by atoms with Gasteiger partial charge in [-0.15, -0.1) is 11.3 Å². The summed E-state index contributed by atoms with van der Waals surface area (Å²) in [6.45, 7) is -0.765. The fraction of sp³-hybridized carbons (Fsp3) is 0.167. The lowest BCUT2D eigenvalue weighted by Crippen LogP contribution is -2.41. The van der Waals surface area contributed by atoms with E-state index in [1.165, 1.54) is 11.3 Å². The first-order valence-electron chi connectivity index (χ1n) is 5.74. The molecule has 110 valence electrons. The molecule has 0 saturated carbocycles. The van der Waals surface area contributed by atoms with Crippen molar-refractivity contribution < 1.29 is 19.5 Å². The number of carbonyl (C=O) groups excluding carboxylic acids is 2. The Labute approximate surface area is 133 Å². The molecule has 0 aromatic carbocycles. The number of nitrogens with zero attached hydrogens (tertiary/aromatic N) is 1. The second kappa shape index (κ2) is 6.83. The van der Waals surface area contributed by atoms with E-state index in [0.717, 1.165) is 21.5 Å². The standard InChI is InChI=1S/C12H10N2O4S3/c15-9(13-5-10(16)17)6-14-11(18)8(21-12(14)19)4-7-2-1-3-20-7/h1-4H,5-6H2,(H,13,15)(H,16,17)/b8-4-. The number of carboxylic acid groups (broad SMARTS) is 1. The smallest absolute Gasteiger partial charge is 0.322 e. The largest absolute Gasteiger partial charge is 0.480 e. The maximum Gasteiger partial charge on any atom is 0.322 e. The predicted octanol–water partition coefficient (Wildman–Crippen LogP) is 1.15. The van der Waals surface area contributed by atoms with E-state index in [4.69, 9.17) is 17.3 Å². The molecule has 1 aromatic rings. The van der Waals surface area contributed by atoms with Gasteiger partial charge >= 0.3 is 5.97 Å². The van der Waals surface area contributed by atoms with Crippen LogP contribution in [-0.2, 0) is 14.4 Å². The lowest BCUT2D eigenvalue weighted by Gasteiger charge is -2.13. The Morgan fingerprint density at radius 2 is 2.24 bits per heavy atom. The molecular formula is C12H10N2O4S3. The number of carboxylic acids is 1. The van der Waals surface area contributed by atoms with Gasteiger partial charge < -0.3 is 10.4 Å². The minimum Gasteiger partial charge on any atom is -0.480 e. The van der Waals surface area contributed by atoms with E-state index in [1.54, 1.807) is 6.08 Å². The summed E-state index contributed by atoms with van der Waals surface area (Å²) in [4.78, 5) is 36.6. The molecule has 0 aliphatic carbocycles. The van der Waals surface area contributed by atoms with Gasteiger partial charge in [0.1, 0.15) is 17.4 Å². The number of carbonyl (C=O) groups is 3. The van der Waals surface area contributed by atoms with E-state index in [0.29, 0.717) is 4.91 Å². The van der Waals surface area contributed by atoms with E-state index >= 15 is 0 Å². The fourth-order valence-corrected chi connectivity index (χ4v) is 3.49. The summed E-state index contributed by atoms with van der Waals surface area (Å²) >= 11 is 7.70. The number of amides is 2. The third-order valence-electron chi connectivity index (χ3n) is 2.43. The van der Waals surface area contributed by atoms with Crippen LogP contribution in [-0.4, -0.2) is 45.2 Å². The first kappa shape index (κ1) is 15.7. The highest BCUT2D eigenvalue weighted by Crippen LogP contribution is 2.32. The zero-order chi connectivity index (χ0) is 15.4. The predicted molar refractivity (Wildman–Crippen MR) is 84.8 cm³/mol. The molecule has 9 heteroatoms. The first-order valence-corrected chi connectivity index (χ1v) is 7.85. The van der Waals surface area contributed by atoms with Crippen LogP contribution < -0.4 is 5.32 Å². The molecule has 0 unspecified atom stereocenters. The van der Waals surface area contributed by atoms with Gasteiger partial charge in [0.15, 0.2) is 0 Å². The van der Waals surface area contributed by atoms with Gasteiger partial charge in [-0.2, -0.15) is 0 Å². The minimum absolute atomic E-state index is 0.278. The van der Waals surface area contributed by atoms with Crippen LogP contribution in [0.4, 0.5) is 0 Å². The molecule has 0 spiro atoms. The second-order valence-corrected chi connectivity index (χ2v) is 6.61. The third kappa shape index (κ3) is 4.13. The van der Waals surface area contributed by atoms with Crippen molar-refractivity contribution in [1.29, 1.82) is 0 Å². The van der Waals surface area contributed by atoms with Crippen molar-refractivity contribution in [3.63, 3.8) is 0 Å². The summed E-state index contributed by atoms with van der Waals surface area (Å²) in [5, 5.41) is 12.6. The molecule has 1 aliphatic heterocycles. The van der Waals surface area contributed by atoms with Crippen LogP contribution in [0.3, 0.4) is 0 Å². The summed E-state index contributed by atoms with van der Waals surface area (Å²) in [6, 6.07) is 3.74. The normalized spacial score (nSPS) is 16.6. The zero-order valence-corrected chi connectivity index (χ0v) is 13.0. The number of aliphatic carboxylic acids is 1. The van der Waals surface area contributed by atoms with E-state index in [2.05, 4.69) is 5.32 Å². The molecule has 2 heterocycles. The molecule has 1 aliphatic rings. The zero-order valence-electron chi connectivity index (χ0n) is 10.6. The Hall–Kier alpha value is -1.71. The van der Waals surface area contributed by atoms with Crippen LogP contribution in [0.5, 0.6) is 0 Å². The lowest BCUT2D eigenvalue weighted by atomic mass is 10.3. The highest BCUT2D eigenvalue weighted by molar-refractivity contribution is 8.26. The average Bonchev–Trinajstić information content (AvgIpc) is 3.01. The highest BCUT2D eigenvalue weighted by atomic mass is 32.2. The van der Waals surface area contributed by atoms with Crippen LogP contribution in [0.1, 0.15) is 4.88 Å². The van der Waals surface area contributed by atoms with Crippen molar-refractivity contribution in [3.05, 3.63) is 27.3 Å². The molecular weight excluding hydrogens is 332 g/mol. The van der Waals surface area contributed by atoms with Crippen molar-refractivity contribution in [2.75, 3.05) is 13.1 Å². The van der Waals surface area contributed by atoms with E-state index in [9.17, 15) is 14.4 Å². The molecule has 0 atom stereocenters. The van der Waals surface area contributed by atoms with Crippen LogP contribution in [0.15, 0.2) is 22.4 Å². The van der Waals surface area contributed by atoms with Crippen molar-refractivity contribution >= 4 is 63.5 Å². The van der Waals surface area contributed by atoms with Gasteiger partial charge in [0.05, 0.1) is 4.91 Å². The Morgan fingerprint density at radius 1 is 1.48 bits per heavy atom. The van der Waals surface area contributed by atoms with Gasteiger partial charge in [-0.3, -0.25) is 19.3 Å². The average molecular weight is 342 g/mol. The topological polar surface area (TPSA) is 86.7 Å². The Balaban J connectivity index is 2.02. The van der Waals surface area contributed by atoms with Gasteiger partial charge in [-0.05, 0) is 17.5 Å². The summed E-state index contributed by atoms with van der Waals surface area (Å²) in [7, 11) is 0. The van der Waals surface area contributed by atoms with Crippen LogP contribution in [0.25, 0.3) is 6.08 Å². The molecule has 1 saturated heterocycles. The lowest BCUT2D eigenvalue weighted by molar-refractivity contribution is -0.138. The minimum atomic E-state index is -1.15. The van der Waals surface area contributed by atoms with Gasteiger partial charge in [0.25, 0.3) is 5.91 Å². The Bertz CT molecular complexity index is 624. The van der Waals surface area contributed by atoms with Gasteiger partial charge in [0, 0.05) is 4.88 Å². The maximum atomic E-state index is 12.2. The van der Waals surface area contributed by atoms with Crippen molar-refractivity contribution in [2.24, 2.45) is 0 Å². The monoisotopic (exact) mass is 342 g/mol. The van der Waals surface area contributed by atoms with Crippen LogP contribution >= 0.6 is 35.3 Å². The summed E-state index contributed by atoms with van der Waals surface area (Å²) < 4.78 is 0.285. The molecule has 0 radical (unpaired) electrons. The fourth-order valence-electron chi connectivity index (χ4n) is 1.51. The van der Waals surface area contributed by atoms with E-state index in [1.807, 2.05) is 17.5 Å². The Morgan fingerprint density at radius 3 is 2.86 bits per heavy atom. The van der Waals surface area contributed by atoms with Crippen molar-refractivity contribution in [2.45, 2.75) is 0 Å². The highest BCUT2D eigenvalue weighted by Gasteiger charge is 2.33. The summed E-state index contributed by atoms with van der Waals surface area (Å²) in [5.41, 5.74) is 0. The third-order valence-corrected chi connectivity index (χ3v) is 4.63. The molecule has 2 rings (SSSR count). The molecule has 2 N–H and O–H groups in total. The number of rotatable bonds is 5. The quantitative estimate of drug-likeness (QED) is 0.617. The Kier molecular flexibility index (Phi) is 5.10. The number of thiophene rings is 1. The first-order chi connectivity index (χ1) is 9.97. The summed E-state index contributed by atoms with van der Waals surface area (Å²) in [6.07, 6.45) is 1.72. The molecule has 21 heavy (non-hydrogen) atoms. The number of hydrogen-bond donors (Lipinski definition) is 2. The van der Waals surface area contributed by atoms with Crippen LogP contribution in [0, 0.1) is 0 Å². The van der Waals surface area contributed by atoms with Gasteiger partial charge in [0.2, 0.25) is 5.91 Å². The molecule has 0 bridgehead atoms. The second-order valence-electron chi connectivity index (χ2n) is 3.95. The number of hydrogen-bond acceptors (Lipinski definition) is 6. The van der Waals surface area contributed by atoms with Crippen LogP contribution in [0.2, 0.25) is 0 Å². The molecule has 1 fully saturated rings. The van der Waals surface area contributed by atoms with Crippen molar-refractivity contribution in [3.8, 4) is 0 Å². The molecule has 2 amide bonds. The number of thiocarbonyl (C=S) groups is 1. The maximum absolute atomic E-state index is 12.2. The number of nitrogens with one attached hydrogen (secondary N) is 1. The van der Waals surface area contributed by atoms with Gasteiger partial charge in [-0.25, -0.2) is 0 Å². The molecule has 6 nitrogen and oxygen atoms in total.